The van der Waals surface area contributed by atoms with E-state index in [1.54, 1.807) is 0 Å². The van der Waals surface area contributed by atoms with Crippen LogP contribution in [-0.4, -0.2) is 0 Å². The first kappa shape index (κ1) is 40.0. The van der Waals surface area contributed by atoms with Gasteiger partial charge in [-0.15, -0.1) is 11.3 Å². The minimum absolute atomic E-state index is 0.462. The molecule has 4 heteroatoms. The van der Waals surface area contributed by atoms with Gasteiger partial charge in [0.25, 0.3) is 0 Å². The molecule has 0 atom stereocenters. The van der Waals surface area contributed by atoms with Gasteiger partial charge in [0.05, 0.1) is 16.8 Å². The Morgan fingerprint density at radius 1 is 0.304 bits per heavy atom. The van der Waals surface area contributed by atoms with Gasteiger partial charge in [-0.3, -0.25) is 0 Å². The van der Waals surface area contributed by atoms with Crippen LogP contribution in [-0.2, 0) is 5.41 Å². The van der Waals surface area contributed by atoms with Crippen molar-refractivity contribution in [2.45, 2.75) is 15.2 Å². The fourth-order valence-electron chi connectivity index (χ4n) is 11.5. The minimum atomic E-state index is -0.462. The molecule has 1 spiro atoms. The first-order valence-electron chi connectivity index (χ1n) is 23.6. The van der Waals surface area contributed by atoms with Crippen molar-refractivity contribution in [2.24, 2.45) is 0 Å². The fraction of sp³-hybridized carbons (Fsp3) is 0.0154. The van der Waals surface area contributed by atoms with Crippen LogP contribution in [0.2, 0.25) is 0 Å². The Morgan fingerprint density at radius 2 is 0.826 bits per heavy atom. The Labute approximate surface area is 410 Å². The van der Waals surface area contributed by atoms with Crippen molar-refractivity contribution in [2.75, 3.05) is 9.80 Å². The van der Waals surface area contributed by atoms with E-state index >= 15 is 0 Å². The number of thiophene rings is 1. The third-order valence-electron chi connectivity index (χ3n) is 14.3. The molecule has 69 heavy (non-hydrogen) atoms. The number of rotatable bonds is 7. The van der Waals surface area contributed by atoms with Crippen LogP contribution in [0.15, 0.2) is 265 Å². The van der Waals surface area contributed by atoms with E-state index in [1.165, 1.54) is 90.9 Å². The maximum atomic E-state index is 2.49. The standard InChI is InChI=1S/C65H42N2S2/c1-4-19-44(20-5-1)66(45-21-6-2-7-22-45)58-38-37-48(49-25-10-11-26-50(49)58)43-35-39-60-52(41-43)53-42-47(36-40-61(53)68-60)67(46-23-8-3-9-24-46)59-32-18-31-57-64(59)51-27-12-13-28-54(51)65(57)55-29-14-16-33-62(55)69-63-34-17-15-30-56(63)65/h1-42H. The molecule has 2 heterocycles. The van der Waals surface area contributed by atoms with Crippen molar-refractivity contribution in [3.05, 3.63) is 277 Å². The van der Waals surface area contributed by atoms with Crippen LogP contribution in [0.1, 0.15) is 22.3 Å². The quantitative estimate of drug-likeness (QED) is 0.157. The zero-order valence-electron chi connectivity index (χ0n) is 37.5. The molecule has 12 aromatic rings. The molecular formula is C65H42N2S2. The molecule has 0 unspecified atom stereocenters. The summed E-state index contributed by atoms with van der Waals surface area (Å²) >= 11 is 3.76. The highest BCUT2D eigenvalue weighted by atomic mass is 32.2. The first-order chi connectivity index (χ1) is 34.2. The lowest BCUT2D eigenvalue weighted by atomic mass is 9.67. The van der Waals surface area contributed by atoms with Crippen LogP contribution >= 0.6 is 23.1 Å². The number of hydrogen-bond donors (Lipinski definition) is 0. The molecule has 2 nitrogen and oxygen atoms in total. The maximum absolute atomic E-state index is 2.49. The van der Waals surface area contributed by atoms with Gasteiger partial charge < -0.3 is 9.80 Å². The number of benzene rings is 11. The molecule has 0 amide bonds. The van der Waals surface area contributed by atoms with Crippen molar-refractivity contribution in [3.8, 4) is 22.3 Å². The van der Waals surface area contributed by atoms with Gasteiger partial charge in [0.2, 0.25) is 0 Å². The zero-order valence-corrected chi connectivity index (χ0v) is 39.1. The molecule has 0 radical (unpaired) electrons. The van der Waals surface area contributed by atoms with Crippen LogP contribution in [0.4, 0.5) is 34.1 Å². The van der Waals surface area contributed by atoms with Crippen LogP contribution < -0.4 is 9.80 Å². The highest BCUT2D eigenvalue weighted by molar-refractivity contribution is 7.99. The van der Waals surface area contributed by atoms with Crippen molar-refractivity contribution < 1.29 is 0 Å². The topological polar surface area (TPSA) is 6.48 Å². The molecule has 2 aliphatic rings. The smallest absolute Gasteiger partial charge is 0.0736 e. The molecule has 11 aromatic carbocycles. The lowest BCUT2D eigenvalue weighted by molar-refractivity contribution is 0.722. The number of hydrogen-bond acceptors (Lipinski definition) is 4. The van der Waals surface area contributed by atoms with Gasteiger partial charge in [-0.05, 0) is 135 Å². The second-order valence-corrected chi connectivity index (χ2v) is 20.1. The number of para-hydroxylation sites is 3. The SMILES string of the molecule is c1ccc(N(c2ccc3sc4ccc(-c5ccc(N(c6ccccc6)c6ccccc6)c6ccccc56)cc4c3c2)c2cccc3c2-c2ccccc2C32c3ccccc3Sc3ccccc32)cc1. The number of fused-ring (bicyclic) bond motifs is 13. The molecule has 0 bridgehead atoms. The van der Waals surface area contributed by atoms with E-state index in [-0.39, 0.29) is 0 Å². The maximum Gasteiger partial charge on any atom is 0.0736 e. The van der Waals surface area contributed by atoms with E-state index in [2.05, 4.69) is 265 Å². The van der Waals surface area contributed by atoms with Gasteiger partial charge in [-0.1, -0.05) is 176 Å². The average molecular weight is 915 g/mol. The predicted octanol–water partition coefficient (Wildman–Crippen LogP) is 18.6. The van der Waals surface area contributed by atoms with Crippen LogP contribution in [0.25, 0.3) is 53.2 Å². The van der Waals surface area contributed by atoms with E-state index in [0.717, 1.165) is 28.4 Å². The Bertz CT molecular complexity index is 3870. The lowest BCUT2D eigenvalue weighted by Crippen LogP contribution is -2.32. The highest BCUT2D eigenvalue weighted by Crippen LogP contribution is 2.64. The second-order valence-electron chi connectivity index (χ2n) is 17.9. The molecule has 1 aliphatic heterocycles. The van der Waals surface area contributed by atoms with Gasteiger partial charge in [-0.25, -0.2) is 0 Å². The van der Waals surface area contributed by atoms with Crippen molar-refractivity contribution in [1.82, 2.24) is 0 Å². The van der Waals surface area contributed by atoms with E-state index in [1.807, 2.05) is 23.1 Å². The van der Waals surface area contributed by atoms with Gasteiger partial charge in [-0.2, -0.15) is 0 Å². The summed E-state index contributed by atoms with van der Waals surface area (Å²) < 4.78 is 2.55. The number of anilines is 6. The second kappa shape index (κ2) is 16.0. The Kier molecular flexibility index (Phi) is 9.26. The van der Waals surface area contributed by atoms with Gasteiger partial charge >= 0.3 is 0 Å². The van der Waals surface area contributed by atoms with E-state index in [0.29, 0.717) is 0 Å². The fourth-order valence-corrected chi connectivity index (χ4v) is 13.7. The van der Waals surface area contributed by atoms with E-state index in [9.17, 15) is 0 Å². The van der Waals surface area contributed by atoms with Gasteiger partial charge in [0, 0.05) is 63.7 Å². The molecule has 0 fully saturated rings. The Balaban J connectivity index is 0.947. The summed E-state index contributed by atoms with van der Waals surface area (Å²) in [5, 5.41) is 4.95. The Morgan fingerprint density at radius 3 is 1.49 bits per heavy atom. The minimum Gasteiger partial charge on any atom is -0.310 e. The molecule has 0 saturated heterocycles. The first-order valence-corrected chi connectivity index (χ1v) is 25.2. The van der Waals surface area contributed by atoms with Crippen molar-refractivity contribution in [3.63, 3.8) is 0 Å². The zero-order chi connectivity index (χ0) is 45.5. The summed E-state index contributed by atoms with van der Waals surface area (Å²) in [7, 11) is 0. The molecule has 14 rings (SSSR count). The van der Waals surface area contributed by atoms with Crippen LogP contribution in [0, 0.1) is 0 Å². The summed E-state index contributed by atoms with van der Waals surface area (Å²) in [6, 6.07) is 94.2. The van der Waals surface area contributed by atoms with Gasteiger partial charge in [0.15, 0.2) is 0 Å². The lowest BCUT2D eigenvalue weighted by Gasteiger charge is -2.39. The molecule has 324 valence electrons. The predicted molar refractivity (Wildman–Crippen MR) is 293 cm³/mol. The molecular weight excluding hydrogens is 873 g/mol. The summed E-state index contributed by atoms with van der Waals surface area (Å²) in [4.78, 5) is 7.48. The normalized spacial score (nSPS) is 13.0. The third kappa shape index (κ3) is 6.12. The molecule has 0 saturated carbocycles. The van der Waals surface area contributed by atoms with Gasteiger partial charge in [0.1, 0.15) is 0 Å². The van der Waals surface area contributed by atoms with Crippen LogP contribution in [0.5, 0.6) is 0 Å². The monoisotopic (exact) mass is 914 g/mol. The van der Waals surface area contributed by atoms with Crippen molar-refractivity contribution >= 4 is 88.2 Å². The molecule has 1 aliphatic carbocycles. The Hall–Kier alpha value is -8.15. The summed E-state index contributed by atoms with van der Waals surface area (Å²) in [5.41, 5.74) is 16.7. The molecule has 0 N–H and O–H groups in total. The summed E-state index contributed by atoms with van der Waals surface area (Å²) in [6.07, 6.45) is 0. The highest BCUT2D eigenvalue weighted by Gasteiger charge is 2.51. The average Bonchev–Trinajstić information content (AvgIpc) is 3.93. The third-order valence-corrected chi connectivity index (χ3v) is 16.6. The largest absolute Gasteiger partial charge is 0.310 e. The van der Waals surface area contributed by atoms with Crippen molar-refractivity contribution in [1.29, 1.82) is 0 Å². The summed E-state index contributed by atoms with van der Waals surface area (Å²) in [5.74, 6) is 0. The van der Waals surface area contributed by atoms with E-state index < -0.39 is 5.41 Å². The van der Waals surface area contributed by atoms with E-state index in [4.69, 9.17) is 0 Å². The summed E-state index contributed by atoms with van der Waals surface area (Å²) in [6.45, 7) is 0. The number of nitrogens with zero attached hydrogens (tertiary/aromatic N) is 2. The molecule has 1 aromatic heterocycles. The van der Waals surface area contributed by atoms with Crippen LogP contribution in [0.3, 0.4) is 0 Å².